The van der Waals surface area contributed by atoms with Crippen LogP contribution in [0.2, 0.25) is 0 Å². The van der Waals surface area contributed by atoms with Gasteiger partial charge >= 0.3 is 0 Å². The zero-order valence-corrected chi connectivity index (χ0v) is 16.7. The van der Waals surface area contributed by atoms with E-state index < -0.39 is 0 Å². The zero-order valence-electron chi connectivity index (χ0n) is 16.7. The number of aliphatic hydroxyl groups excluding tert-OH is 2. The maximum atomic E-state index is 12.0. The standard InChI is InChI=1S/C24H34O3/c1-23-9-2-4-19(23)18-7-5-15-12-16(26)6-8-17(15)22(18)20(13-23)24(10-3-11-25)14-21(24)27/h12,18-21,25,27H,2-11,13-14H2,1H3/t18-,19-,20-,21?,23-,24?/m0/s1. The van der Waals surface area contributed by atoms with Crippen LogP contribution >= 0.6 is 0 Å². The van der Waals surface area contributed by atoms with E-state index in [0.717, 1.165) is 38.0 Å². The molecule has 148 valence electrons. The van der Waals surface area contributed by atoms with E-state index in [-0.39, 0.29) is 18.1 Å². The fourth-order valence-electron chi connectivity index (χ4n) is 7.71. The fourth-order valence-corrected chi connectivity index (χ4v) is 7.71. The molecule has 3 heteroatoms. The van der Waals surface area contributed by atoms with E-state index in [9.17, 15) is 15.0 Å². The van der Waals surface area contributed by atoms with Crippen LogP contribution in [0, 0.1) is 28.6 Å². The Hall–Kier alpha value is -0.930. The summed E-state index contributed by atoms with van der Waals surface area (Å²) in [7, 11) is 0. The molecule has 2 unspecified atom stereocenters. The number of ketones is 1. The minimum Gasteiger partial charge on any atom is -0.396 e. The minimum atomic E-state index is -0.205. The Kier molecular flexibility index (Phi) is 4.22. The van der Waals surface area contributed by atoms with Gasteiger partial charge in [-0.25, -0.2) is 0 Å². The number of rotatable bonds is 4. The second-order valence-electron chi connectivity index (χ2n) is 10.4. The Morgan fingerprint density at radius 3 is 2.74 bits per heavy atom. The smallest absolute Gasteiger partial charge is 0.156 e. The van der Waals surface area contributed by atoms with E-state index in [2.05, 4.69) is 6.92 Å². The van der Waals surface area contributed by atoms with Gasteiger partial charge in [0.25, 0.3) is 0 Å². The summed E-state index contributed by atoms with van der Waals surface area (Å²) in [4.78, 5) is 12.0. The molecule has 3 saturated carbocycles. The predicted octanol–water partition coefficient (Wildman–Crippen LogP) is 4.33. The summed E-state index contributed by atoms with van der Waals surface area (Å²) in [5.41, 5.74) is 4.88. The third-order valence-corrected chi connectivity index (χ3v) is 9.08. The number of hydrogen-bond acceptors (Lipinski definition) is 3. The molecular weight excluding hydrogens is 336 g/mol. The van der Waals surface area contributed by atoms with E-state index >= 15 is 0 Å². The third-order valence-electron chi connectivity index (χ3n) is 9.08. The van der Waals surface area contributed by atoms with Crippen molar-refractivity contribution >= 4 is 5.78 Å². The van der Waals surface area contributed by atoms with E-state index in [1.807, 2.05) is 6.08 Å². The molecule has 3 nitrogen and oxygen atoms in total. The van der Waals surface area contributed by atoms with Crippen molar-refractivity contribution in [2.45, 2.75) is 83.7 Å². The SMILES string of the molecule is C[C@@]12CCC[C@H]1[C@@H]1CCC3=CC(=O)CCC3=C1[C@@H](C1(CCCO)CC1O)C2. The number of carbonyl (C=O) groups excluding carboxylic acids is 1. The molecule has 0 radical (unpaired) electrons. The first-order valence-electron chi connectivity index (χ1n) is 11.2. The van der Waals surface area contributed by atoms with Crippen molar-refractivity contribution in [1.82, 2.24) is 0 Å². The fraction of sp³-hybridized carbons (Fsp3) is 0.792. The lowest BCUT2D eigenvalue weighted by Gasteiger charge is -2.53. The van der Waals surface area contributed by atoms with Crippen molar-refractivity contribution in [2.75, 3.05) is 6.61 Å². The molecule has 0 aromatic rings. The summed E-state index contributed by atoms with van der Waals surface area (Å²) in [5, 5.41) is 20.2. The molecule has 0 aliphatic heterocycles. The number of allylic oxidation sites excluding steroid dienone is 4. The Balaban J connectivity index is 1.62. The van der Waals surface area contributed by atoms with Crippen LogP contribution in [0.4, 0.5) is 0 Å². The Labute approximate surface area is 162 Å². The topological polar surface area (TPSA) is 57.5 Å². The molecule has 5 rings (SSSR count). The highest BCUT2D eigenvalue weighted by Crippen LogP contribution is 2.69. The van der Waals surface area contributed by atoms with Crippen LogP contribution < -0.4 is 0 Å². The van der Waals surface area contributed by atoms with E-state index in [0.29, 0.717) is 29.5 Å². The number of fused-ring (bicyclic) bond motifs is 4. The molecule has 27 heavy (non-hydrogen) atoms. The van der Waals surface area contributed by atoms with Crippen molar-refractivity contribution in [3.8, 4) is 0 Å². The molecule has 6 atom stereocenters. The Bertz CT molecular complexity index is 719. The van der Waals surface area contributed by atoms with Crippen molar-refractivity contribution in [3.05, 3.63) is 22.8 Å². The van der Waals surface area contributed by atoms with Crippen LogP contribution in [0.3, 0.4) is 0 Å². The summed E-state index contributed by atoms with van der Waals surface area (Å²) in [6.45, 7) is 2.74. The molecule has 0 heterocycles. The van der Waals surface area contributed by atoms with Crippen LogP contribution in [-0.4, -0.2) is 28.7 Å². The van der Waals surface area contributed by atoms with Gasteiger partial charge in [-0.05, 0) is 98.2 Å². The van der Waals surface area contributed by atoms with Gasteiger partial charge in [-0.2, -0.15) is 0 Å². The van der Waals surface area contributed by atoms with Gasteiger partial charge in [0.15, 0.2) is 5.78 Å². The monoisotopic (exact) mass is 370 g/mol. The minimum absolute atomic E-state index is 0.0101. The Morgan fingerprint density at radius 1 is 1.19 bits per heavy atom. The summed E-state index contributed by atoms with van der Waals surface area (Å²) < 4.78 is 0. The molecule has 5 aliphatic carbocycles. The van der Waals surface area contributed by atoms with Gasteiger partial charge in [0.1, 0.15) is 0 Å². The van der Waals surface area contributed by atoms with Crippen molar-refractivity contribution in [1.29, 1.82) is 0 Å². The molecule has 5 aliphatic rings. The van der Waals surface area contributed by atoms with Crippen LogP contribution in [-0.2, 0) is 4.79 Å². The van der Waals surface area contributed by atoms with Gasteiger partial charge in [0, 0.05) is 18.4 Å². The molecule has 0 amide bonds. The molecule has 0 aromatic heterocycles. The summed E-state index contributed by atoms with van der Waals surface area (Å²) in [6.07, 6.45) is 13.5. The van der Waals surface area contributed by atoms with E-state index in [1.165, 1.54) is 43.3 Å². The lowest BCUT2D eigenvalue weighted by molar-refractivity contribution is -0.114. The lowest BCUT2D eigenvalue weighted by Crippen LogP contribution is -2.44. The normalized spacial score (nSPS) is 45.9. The van der Waals surface area contributed by atoms with Crippen LogP contribution in [0.25, 0.3) is 0 Å². The van der Waals surface area contributed by atoms with Crippen LogP contribution in [0.1, 0.15) is 77.6 Å². The highest BCUT2D eigenvalue weighted by Gasteiger charge is 2.64. The molecule has 0 bridgehead atoms. The second kappa shape index (κ2) is 6.29. The molecule has 0 aromatic carbocycles. The maximum Gasteiger partial charge on any atom is 0.156 e. The van der Waals surface area contributed by atoms with Crippen molar-refractivity contribution in [2.24, 2.45) is 28.6 Å². The van der Waals surface area contributed by atoms with Gasteiger partial charge in [-0.15, -0.1) is 0 Å². The average Bonchev–Trinajstić information content (AvgIpc) is 3.13. The van der Waals surface area contributed by atoms with Gasteiger partial charge in [0.2, 0.25) is 0 Å². The number of carbonyl (C=O) groups is 1. The molecule has 0 spiro atoms. The largest absolute Gasteiger partial charge is 0.396 e. The quantitative estimate of drug-likeness (QED) is 0.774. The molecule has 3 fully saturated rings. The second-order valence-corrected chi connectivity index (χ2v) is 10.4. The van der Waals surface area contributed by atoms with Crippen LogP contribution in [0.5, 0.6) is 0 Å². The van der Waals surface area contributed by atoms with Gasteiger partial charge in [-0.3, -0.25) is 4.79 Å². The zero-order chi connectivity index (χ0) is 18.8. The van der Waals surface area contributed by atoms with E-state index in [1.54, 1.807) is 5.57 Å². The van der Waals surface area contributed by atoms with E-state index in [4.69, 9.17) is 0 Å². The van der Waals surface area contributed by atoms with Crippen LogP contribution in [0.15, 0.2) is 22.8 Å². The highest BCUT2D eigenvalue weighted by atomic mass is 16.3. The first kappa shape index (κ1) is 18.1. The molecular formula is C24H34O3. The van der Waals surface area contributed by atoms with Crippen molar-refractivity contribution in [3.63, 3.8) is 0 Å². The highest BCUT2D eigenvalue weighted by molar-refractivity contribution is 5.93. The molecule has 0 saturated heterocycles. The van der Waals surface area contributed by atoms with Gasteiger partial charge in [-0.1, -0.05) is 18.9 Å². The third kappa shape index (κ3) is 2.64. The number of aliphatic hydroxyl groups is 2. The number of hydrogen-bond donors (Lipinski definition) is 2. The predicted molar refractivity (Wildman–Crippen MR) is 105 cm³/mol. The summed E-state index contributed by atoms with van der Waals surface area (Å²) >= 11 is 0. The first-order valence-corrected chi connectivity index (χ1v) is 11.2. The van der Waals surface area contributed by atoms with Gasteiger partial charge < -0.3 is 10.2 Å². The summed E-state index contributed by atoms with van der Waals surface area (Å²) in [6, 6.07) is 0. The lowest BCUT2D eigenvalue weighted by atomic mass is 9.51. The van der Waals surface area contributed by atoms with Crippen molar-refractivity contribution < 1.29 is 15.0 Å². The van der Waals surface area contributed by atoms with Gasteiger partial charge in [0.05, 0.1) is 6.10 Å². The maximum absolute atomic E-state index is 12.0. The summed E-state index contributed by atoms with van der Waals surface area (Å²) in [5.74, 6) is 2.21. The Morgan fingerprint density at radius 2 is 2.00 bits per heavy atom. The average molecular weight is 371 g/mol. The molecule has 2 N–H and O–H groups in total. The first-order chi connectivity index (χ1) is 13.0.